The average Bonchev–Trinajstić information content (AvgIpc) is 2.43. The average molecular weight is 249 g/mol. The molecule has 2 heteroatoms. The van der Waals surface area contributed by atoms with E-state index in [2.05, 4.69) is 25.1 Å². The van der Waals surface area contributed by atoms with Crippen LogP contribution in [-0.4, -0.2) is 24.8 Å². The van der Waals surface area contributed by atoms with Crippen molar-refractivity contribution in [3.8, 4) is 12.3 Å². The third kappa shape index (κ3) is 2.44. The maximum Gasteiger partial charge on any atom is 0.0686 e. The van der Waals surface area contributed by atoms with Gasteiger partial charge in [0.25, 0.3) is 0 Å². The van der Waals surface area contributed by atoms with E-state index in [0.29, 0.717) is 17.6 Å². The maximum absolute atomic E-state index is 5.96. The normalized spacial score (nSPS) is 31.6. The first-order valence-corrected chi connectivity index (χ1v) is 7.60. The van der Waals surface area contributed by atoms with Crippen LogP contribution in [0.3, 0.4) is 0 Å². The molecule has 0 bridgehead atoms. The minimum atomic E-state index is 0.233. The van der Waals surface area contributed by atoms with Gasteiger partial charge < -0.3 is 10.1 Å². The maximum atomic E-state index is 5.96. The van der Waals surface area contributed by atoms with Crippen LogP contribution in [-0.2, 0) is 4.74 Å². The van der Waals surface area contributed by atoms with Crippen molar-refractivity contribution in [2.45, 2.75) is 77.0 Å². The standard InChI is InChI=1S/C16H27NO/c1-4-13(5-2)17-14-12-15(18-6-3)16(14)10-8-7-9-11-16/h1,13-15,17H,5-12H2,2-3H3. The summed E-state index contributed by atoms with van der Waals surface area (Å²) in [6.07, 6.45) is 14.9. The largest absolute Gasteiger partial charge is 0.378 e. The van der Waals surface area contributed by atoms with Crippen molar-refractivity contribution in [2.24, 2.45) is 5.41 Å². The van der Waals surface area contributed by atoms with Crippen LogP contribution in [0.25, 0.3) is 0 Å². The molecule has 2 saturated carbocycles. The van der Waals surface area contributed by atoms with Crippen LogP contribution in [0.4, 0.5) is 0 Å². The second kappa shape index (κ2) is 6.08. The molecule has 2 nitrogen and oxygen atoms in total. The monoisotopic (exact) mass is 249 g/mol. The third-order valence-corrected chi connectivity index (χ3v) is 4.95. The van der Waals surface area contributed by atoms with Gasteiger partial charge in [-0.05, 0) is 32.6 Å². The van der Waals surface area contributed by atoms with Gasteiger partial charge >= 0.3 is 0 Å². The van der Waals surface area contributed by atoms with Crippen LogP contribution in [0.1, 0.15) is 58.8 Å². The van der Waals surface area contributed by atoms with Gasteiger partial charge in [-0.1, -0.05) is 32.1 Å². The predicted molar refractivity (Wildman–Crippen MR) is 75.4 cm³/mol. The highest BCUT2D eigenvalue weighted by Crippen LogP contribution is 2.53. The number of terminal acetylenes is 1. The number of hydrogen-bond donors (Lipinski definition) is 1. The molecule has 1 N–H and O–H groups in total. The van der Waals surface area contributed by atoms with Crippen LogP contribution in [0, 0.1) is 17.8 Å². The van der Waals surface area contributed by atoms with Crippen molar-refractivity contribution in [3.05, 3.63) is 0 Å². The summed E-state index contributed by atoms with van der Waals surface area (Å²) in [5.74, 6) is 2.87. The summed E-state index contributed by atoms with van der Waals surface area (Å²) in [6.45, 7) is 5.10. The van der Waals surface area contributed by atoms with Gasteiger partial charge in [-0.25, -0.2) is 0 Å². The van der Waals surface area contributed by atoms with Crippen molar-refractivity contribution < 1.29 is 4.74 Å². The van der Waals surface area contributed by atoms with Gasteiger partial charge in [0, 0.05) is 18.1 Å². The molecular weight excluding hydrogens is 222 g/mol. The fraction of sp³-hybridized carbons (Fsp3) is 0.875. The molecule has 2 aliphatic carbocycles. The van der Waals surface area contributed by atoms with E-state index in [-0.39, 0.29) is 6.04 Å². The Morgan fingerprint density at radius 2 is 2.06 bits per heavy atom. The van der Waals surface area contributed by atoms with E-state index < -0.39 is 0 Å². The molecule has 3 unspecified atom stereocenters. The van der Waals surface area contributed by atoms with Crippen LogP contribution >= 0.6 is 0 Å². The molecule has 102 valence electrons. The topological polar surface area (TPSA) is 21.3 Å². The third-order valence-electron chi connectivity index (χ3n) is 4.95. The van der Waals surface area contributed by atoms with Crippen molar-refractivity contribution in [2.75, 3.05) is 6.61 Å². The Kier molecular flexibility index (Phi) is 4.70. The Morgan fingerprint density at radius 1 is 1.33 bits per heavy atom. The quantitative estimate of drug-likeness (QED) is 0.756. The van der Waals surface area contributed by atoms with Gasteiger partial charge in [0.1, 0.15) is 0 Å². The zero-order chi connectivity index (χ0) is 13.0. The Hall–Kier alpha value is -0.520. The zero-order valence-electron chi connectivity index (χ0n) is 11.9. The first kappa shape index (κ1) is 13.9. The highest BCUT2D eigenvalue weighted by atomic mass is 16.5. The van der Waals surface area contributed by atoms with Gasteiger partial charge in [0.2, 0.25) is 0 Å². The molecule has 0 heterocycles. The number of ether oxygens (including phenoxy) is 1. The Labute approximate surface area is 112 Å². The van der Waals surface area contributed by atoms with Gasteiger partial charge in [0.15, 0.2) is 0 Å². The lowest BCUT2D eigenvalue weighted by Crippen LogP contribution is -2.65. The highest BCUT2D eigenvalue weighted by Gasteiger charge is 2.55. The molecule has 1 spiro atoms. The molecule has 2 aliphatic rings. The van der Waals surface area contributed by atoms with E-state index in [1.807, 2.05) is 0 Å². The predicted octanol–water partition coefficient (Wildman–Crippen LogP) is 3.12. The Balaban J connectivity index is 2.01. The van der Waals surface area contributed by atoms with E-state index in [4.69, 9.17) is 11.2 Å². The number of rotatable bonds is 5. The fourth-order valence-corrected chi connectivity index (χ4v) is 3.82. The van der Waals surface area contributed by atoms with Gasteiger partial charge in [0.05, 0.1) is 12.1 Å². The van der Waals surface area contributed by atoms with E-state index in [1.165, 1.54) is 32.1 Å². The van der Waals surface area contributed by atoms with Crippen LogP contribution in [0.5, 0.6) is 0 Å². The molecule has 0 aliphatic heterocycles. The number of hydrogen-bond acceptors (Lipinski definition) is 2. The lowest BCUT2D eigenvalue weighted by molar-refractivity contribution is -0.151. The summed E-state index contributed by atoms with van der Waals surface area (Å²) in [5.41, 5.74) is 0.387. The van der Waals surface area contributed by atoms with Gasteiger partial charge in [-0.2, -0.15) is 0 Å². The van der Waals surface area contributed by atoms with Crippen molar-refractivity contribution in [3.63, 3.8) is 0 Å². The van der Waals surface area contributed by atoms with E-state index in [9.17, 15) is 0 Å². The molecule has 2 rings (SSSR count). The summed E-state index contributed by atoms with van der Waals surface area (Å²) in [5, 5.41) is 3.69. The molecule has 0 saturated heterocycles. The Morgan fingerprint density at radius 3 is 2.61 bits per heavy atom. The summed E-state index contributed by atoms with van der Waals surface area (Å²) in [6, 6.07) is 0.812. The molecule has 18 heavy (non-hydrogen) atoms. The van der Waals surface area contributed by atoms with Gasteiger partial charge in [-0.15, -0.1) is 6.42 Å². The molecule has 0 aromatic rings. The van der Waals surface area contributed by atoms with E-state index in [1.54, 1.807) is 0 Å². The lowest BCUT2D eigenvalue weighted by Gasteiger charge is -2.58. The second-order valence-electron chi connectivity index (χ2n) is 5.82. The first-order valence-electron chi connectivity index (χ1n) is 7.60. The zero-order valence-corrected chi connectivity index (χ0v) is 11.9. The smallest absolute Gasteiger partial charge is 0.0686 e. The molecule has 0 aromatic heterocycles. The molecule has 3 atom stereocenters. The fourth-order valence-electron chi connectivity index (χ4n) is 3.82. The van der Waals surface area contributed by atoms with Crippen LogP contribution in [0.2, 0.25) is 0 Å². The van der Waals surface area contributed by atoms with Crippen LogP contribution < -0.4 is 5.32 Å². The van der Waals surface area contributed by atoms with Crippen molar-refractivity contribution >= 4 is 0 Å². The minimum absolute atomic E-state index is 0.233. The molecule has 0 radical (unpaired) electrons. The summed E-state index contributed by atoms with van der Waals surface area (Å²) >= 11 is 0. The first-order chi connectivity index (χ1) is 8.76. The summed E-state index contributed by atoms with van der Waals surface area (Å²) < 4.78 is 5.96. The summed E-state index contributed by atoms with van der Waals surface area (Å²) in [4.78, 5) is 0. The molecular formula is C16H27NO. The van der Waals surface area contributed by atoms with Crippen molar-refractivity contribution in [1.82, 2.24) is 5.32 Å². The second-order valence-corrected chi connectivity index (χ2v) is 5.82. The van der Waals surface area contributed by atoms with E-state index in [0.717, 1.165) is 19.4 Å². The lowest BCUT2D eigenvalue weighted by atomic mass is 9.55. The minimum Gasteiger partial charge on any atom is -0.378 e. The summed E-state index contributed by atoms with van der Waals surface area (Å²) in [7, 11) is 0. The van der Waals surface area contributed by atoms with Gasteiger partial charge in [-0.3, -0.25) is 0 Å². The Bertz CT molecular complexity index is 301. The highest BCUT2D eigenvalue weighted by molar-refractivity contribution is 5.12. The SMILES string of the molecule is C#CC(CC)NC1CC(OCC)C12CCCCC2. The number of nitrogens with one attached hydrogen (secondary N) is 1. The molecule has 0 aromatic carbocycles. The van der Waals surface area contributed by atoms with Crippen LogP contribution in [0.15, 0.2) is 0 Å². The van der Waals surface area contributed by atoms with Crippen molar-refractivity contribution in [1.29, 1.82) is 0 Å². The van der Waals surface area contributed by atoms with E-state index >= 15 is 0 Å². The molecule has 0 amide bonds. The molecule has 2 fully saturated rings.